The number of hydrogen-bond donors (Lipinski definition) is 1. The van der Waals surface area contributed by atoms with Gasteiger partial charge in [-0.3, -0.25) is 4.57 Å². The van der Waals surface area contributed by atoms with Crippen LogP contribution in [0.25, 0.3) is 0 Å². The van der Waals surface area contributed by atoms with Crippen molar-refractivity contribution in [2.45, 2.75) is 174 Å². The first kappa shape index (κ1) is 41.8. The molecule has 0 fully saturated rings. The van der Waals surface area contributed by atoms with Crippen LogP contribution in [0.4, 0.5) is 0 Å². The van der Waals surface area contributed by atoms with Crippen LogP contribution in [-0.2, 0) is 18.6 Å². The van der Waals surface area contributed by atoms with Gasteiger partial charge in [-0.15, -0.1) is 0 Å². The van der Waals surface area contributed by atoms with Crippen molar-refractivity contribution in [2.75, 3.05) is 41.0 Å². The summed E-state index contributed by atoms with van der Waals surface area (Å²) in [6.45, 7) is 11.2. The lowest BCUT2D eigenvalue weighted by Crippen LogP contribution is -2.45. The quantitative estimate of drug-likeness (QED) is 0.0391. The van der Waals surface area contributed by atoms with Gasteiger partial charge in [-0.05, 0) is 52.9 Å². The number of hydrogen-bond acceptors (Lipinski definition) is 4. The Hall–Kier alpha value is -0.230. The minimum atomic E-state index is -3.79. The third-order valence-electron chi connectivity index (χ3n) is 7.71. The van der Waals surface area contributed by atoms with Crippen molar-refractivity contribution < 1.29 is 27.9 Å². The standard InChI is InChI=1S/C35H72NO5P/c1-9-11-12-13-14-15-16-17-18-19-20-21-22-23-24-25-26-27-28-29-30-39-31-33(41-35(3,4)5)32-40-42(37,38)34(10-2)36(6,7)8/h20-21,33-34H,9-19,22-32H2,1-8H3/p+1/b21-20-/t33-,34?/m1/s1. The molecule has 0 aliphatic rings. The van der Waals surface area contributed by atoms with E-state index in [1.165, 1.54) is 109 Å². The summed E-state index contributed by atoms with van der Waals surface area (Å²) >= 11 is 0. The SMILES string of the molecule is CCCCCCCCCCC/C=C\CCCCCCCCCOC[C@H](COP(=O)(O)C(CC)[N+](C)(C)C)OC(C)(C)C. The molecule has 0 spiro atoms. The molecule has 42 heavy (non-hydrogen) atoms. The summed E-state index contributed by atoms with van der Waals surface area (Å²) in [6, 6.07) is 0. The second-order valence-electron chi connectivity index (χ2n) is 14.1. The van der Waals surface area contributed by atoms with E-state index in [1.807, 2.05) is 48.8 Å². The highest BCUT2D eigenvalue weighted by Crippen LogP contribution is 2.51. The topological polar surface area (TPSA) is 65.0 Å². The van der Waals surface area contributed by atoms with Gasteiger partial charge in [-0.2, -0.15) is 0 Å². The van der Waals surface area contributed by atoms with Crippen molar-refractivity contribution in [3.63, 3.8) is 0 Å². The predicted octanol–water partition coefficient (Wildman–Crippen LogP) is 10.4. The highest BCUT2D eigenvalue weighted by Gasteiger charge is 2.42. The van der Waals surface area contributed by atoms with Crippen molar-refractivity contribution >= 4 is 7.60 Å². The normalized spacial score (nSPS) is 15.7. The van der Waals surface area contributed by atoms with Gasteiger partial charge in [0, 0.05) is 13.0 Å². The van der Waals surface area contributed by atoms with Crippen LogP contribution < -0.4 is 0 Å². The molecule has 0 aromatic carbocycles. The third-order valence-corrected chi connectivity index (χ3v) is 10.0. The Kier molecular flexibility index (Phi) is 24.9. The average molecular weight is 619 g/mol. The number of quaternary nitrogens is 1. The molecule has 0 heterocycles. The number of unbranched alkanes of at least 4 members (excludes halogenated alkanes) is 16. The first-order valence-electron chi connectivity index (χ1n) is 17.5. The highest BCUT2D eigenvalue weighted by molar-refractivity contribution is 7.53. The van der Waals surface area contributed by atoms with Gasteiger partial charge in [0.05, 0.1) is 40.0 Å². The Morgan fingerprint density at radius 3 is 1.60 bits per heavy atom. The fourth-order valence-electron chi connectivity index (χ4n) is 5.48. The van der Waals surface area contributed by atoms with E-state index in [-0.39, 0.29) is 18.3 Å². The number of rotatable bonds is 29. The Morgan fingerprint density at radius 2 is 1.17 bits per heavy atom. The van der Waals surface area contributed by atoms with Gasteiger partial charge in [0.1, 0.15) is 6.10 Å². The van der Waals surface area contributed by atoms with Crippen molar-refractivity contribution in [2.24, 2.45) is 0 Å². The largest absolute Gasteiger partial charge is 0.385 e. The van der Waals surface area contributed by atoms with Crippen molar-refractivity contribution in [1.29, 1.82) is 0 Å². The van der Waals surface area contributed by atoms with Gasteiger partial charge in [0.15, 0.2) is 5.78 Å². The lowest BCUT2D eigenvalue weighted by molar-refractivity contribution is -0.883. The Labute approximate surface area is 262 Å². The highest BCUT2D eigenvalue weighted by atomic mass is 31.2. The third kappa shape index (κ3) is 25.1. The maximum Gasteiger partial charge on any atom is 0.385 e. The van der Waals surface area contributed by atoms with Crippen LogP contribution in [0.2, 0.25) is 0 Å². The molecule has 0 aromatic rings. The first-order chi connectivity index (χ1) is 19.8. The molecule has 0 amide bonds. The van der Waals surface area contributed by atoms with E-state index in [0.717, 1.165) is 6.42 Å². The van der Waals surface area contributed by atoms with Crippen LogP contribution in [0.1, 0.15) is 157 Å². The van der Waals surface area contributed by atoms with Crippen molar-refractivity contribution in [3.05, 3.63) is 12.2 Å². The molecular formula is C35H73NO5P+. The summed E-state index contributed by atoms with van der Waals surface area (Å²) in [5.41, 5.74) is -0.385. The Balaban J connectivity index is 3.86. The number of allylic oxidation sites excluding steroid dienone is 2. The smallest absolute Gasteiger partial charge is 0.379 e. The summed E-state index contributed by atoms with van der Waals surface area (Å²) in [6.07, 6.45) is 28.8. The zero-order chi connectivity index (χ0) is 31.7. The van der Waals surface area contributed by atoms with Gasteiger partial charge in [0.2, 0.25) is 0 Å². The molecule has 252 valence electrons. The van der Waals surface area contributed by atoms with Gasteiger partial charge in [-0.25, -0.2) is 0 Å². The van der Waals surface area contributed by atoms with Gasteiger partial charge in [0.25, 0.3) is 0 Å². The summed E-state index contributed by atoms with van der Waals surface area (Å²) in [5.74, 6) is -0.473. The zero-order valence-electron chi connectivity index (χ0n) is 29.3. The van der Waals surface area contributed by atoms with E-state index in [1.54, 1.807) is 0 Å². The van der Waals surface area contributed by atoms with E-state index in [9.17, 15) is 9.46 Å². The maximum atomic E-state index is 13.0. The fourth-order valence-corrected chi connectivity index (χ4v) is 7.37. The van der Waals surface area contributed by atoms with E-state index in [4.69, 9.17) is 14.0 Å². The summed E-state index contributed by atoms with van der Waals surface area (Å²) in [5, 5.41) is 0. The molecule has 7 heteroatoms. The predicted molar refractivity (Wildman–Crippen MR) is 181 cm³/mol. The molecule has 0 radical (unpaired) electrons. The average Bonchev–Trinajstić information content (AvgIpc) is 2.88. The van der Waals surface area contributed by atoms with Crippen LogP contribution in [0.5, 0.6) is 0 Å². The number of ether oxygens (including phenoxy) is 2. The van der Waals surface area contributed by atoms with Crippen LogP contribution >= 0.6 is 7.60 Å². The zero-order valence-corrected chi connectivity index (χ0v) is 30.2. The molecule has 0 bridgehead atoms. The molecule has 0 rings (SSSR count). The van der Waals surface area contributed by atoms with E-state index < -0.39 is 13.4 Å². The molecule has 2 unspecified atom stereocenters. The summed E-state index contributed by atoms with van der Waals surface area (Å²) < 4.78 is 30.9. The van der Waals surface area contributed by atoms with Gasteiger partial charge in [-0.1, -0.05) is 109 Å². The fraction of sp³-hybridized carbons (Fsp3) is 0.943. The van der Waals surface area contributed by atoms with Crippen molar-refractivity contribution in [3.8, 4) is 0 Å². The molecule has 3 atom stereocenters. The first-order valence-corrected chi connectivity index (χ1v) is 19.2. The number of nitrogens with zero attached hydrogens (tertiary/aromatic N) is 1. The molecule has 0 saturated heterocycles. The molecular weight excluding hydrogens is 545 g/mol. The Morgan fingerprint density at radius 1 is 0.714 bits per heavy atom. The molecule has 0 saturated carbocycles. The minimum absolute atomic E-state index is 0.0516. The molecule has 0 aromatic heterocycles. The van der Waals surface area contributed by atoms with Crippen LogP contribution in [0.3, 0.4) is 0 Å². The van der Waals surface area contributed by atoms with Gasteiger partial charge < -0.3 is 23.4 Å². The van der Waals surface area contributed by atoms with Crippen LogP contribution in [0.15, 0.2) is 12.2 Å². The van der Waals surface area contributed by atoms with E-state index in [2.05, 4.69) is 19.1 Å². The monoisotopic (exact) mass is 619 g/mol. The summed E-state index contributed by atoms with van der Waals surface area (Å²) in [4.78, 5) is 10.6. The molecule has 6 nitrogen and oxygen atoms in total. The Bertz CT molecular complexity index is 686. The lowest BCUT2D eigenvalue weighted by atomic mass is 10.1. The van der Waals surface area contributed by atoms with Crippen LogP contribution in [0, 0.1) is 0 Å². The molecule has 0 aliphatic heterocycles. The second-order valence-corrected chi connectivity index (χ2v) is 16.1. The van der Waals surface area contributed by atoms with Crippen LogP contribution in [-0.4, -0.2) is 67.8 Å². The van der Waals surface area contributed by atoms with Crippen molar-refractivity contribution in [1.82, 2.24) is 0 Å². The maximum absolute atomic E-state index is 13.0. The lowest BCUT2D eigenvalue weighted by Gasteiger charge is -2.36. The summed E-state index contributed by atoms with van der Waals surface area (Å²) in [7, 11) is 1.97. The second kappa shape index (κ2) is 25.0. The molecule has 1 N–H and O–H groups in total. The van der Waals surface area contributed by atoms with E-state index in [0.29, 0.717) is 24.1 Å². The molecule has 0 aliphatic carbocycles. The van der Waals surface area contributed by atoms with E-state index >= 15 is 0 Å². The van der Waals surface area contributed by atoms with Gasteiger partial charge >= 0.3 is 7.60 Å². The minimum Gasteiger partial charge on any atom is -0.379 e.